The van der Waals surface area contributed by atoms with E-state index in [1.165, 1.54) is 5.69 Å². The molecule has 2 N–H and O–H groups in total. The summed E-state index contributed by atoms with van der Waals surface area (Å²) in [5.74, 6) is 2.35. The summed E-state index contributed by atoms with van der Waals surface area (Å²) in [4.78, 5) is 9.30. The van der Waals surface area contributed by atoms with Crippen LogP contribution in [-0.2, 0) is 10.8 Å². The fourth-order valence-corrected chi connectivity index (χ4v) is 8.69. The third-order valence-electron chi connectivity index (χ3n) is 5.80. The molecule has 3 aliphatic heterocycles. The topological polar surface area (TPSA) is 71.8 Å². The van der Waals surface area contributed by atoms with E-state index in [0.29, 0.717) is 11.8 Å². The van der Waals surface area contributed by atoms with Crippen molar-refractivity contribution >= 4 is 33.9 Å². The Bertz CT molecular complexity index is 965. The van der Waals surface area contributed by atoms with Gasteiger partial charge in [-0.25, -0.2) is 14.6 Å². The number of aryl methyl sites for hydroxylation is 2. The number of thioether (sulfide) groups is 1. The molecule has 0 bridgehead atoms. The number of rotatable bonds is 5. The molecule has 2 aromatic heterocycles. The van der Waals surface area contributed by atoms with Crippen molar-refractivity contribution in [3.8, 4) is 0 Å². The minimum atomic E-state index is -0.953. The van der Waals surface area contributed by atoms with Crippen LogP contribution in [0.3, 0.4) is 0 Å². The van der Waals surface area contributed by atoms with E-state index >= 15 is 0 Å². The maximum atomic E-state index is 13.1. The molecule has 0 aliphatic carbocycles. The number of aromatic nitrogens is 3. The summed E-state index contributed by atoms with van der Waals surface area (Å²) in [7, 11) is -0.953. The third-order valence-corrected chi connectivity index (χ3v) is 10.1. The zero-order valence-electron chi connectivity index (χ0n) is 16.3. The number of imidazole rings is 1. The summed E-state index contributed by atoms with van der Waals surface area (Å²) in [6, 6.07) is 0.226. The van der Waals surface area contributed by atoms with Crippen LogP contribution < -0.4 is 10.7 Å². The van der Waals surface area contributed by atoms with Crippen LogP contribution in [0.1, 0.15) is 60.4 Å². The van der Waals surface area contributed by atoms with Crippen molar-refractivity contribution in [3.05, 3.63) is 43.7 Å². The number of hydrogen-bond acceptors (Lipinski definition) is 7. The number of piperidine rings is 1. The molecule has 0 saturated carbocycles. The molecule has 6 nitrogen and oxygen atoms in total. The van der Waals surface area contributed by atoms with Crippen LogP contribution in [0.2, 0.25) is 0 Å². The molecular weight excluding hydrogens is 410 g/mol. The van der Waals surface area contributed by atoms with Gasteiger partial charge in [-0.2, -0.15) is 0 Å². The van der Waals surface area contributed by atoms with Crippen LogP contribution in [0.15, 0.2) is 21.5 Å². The first kappa shape index (κ1) is 18.8. The highest BCUT2D eigenvalue weighted by atomic mass is 32.2. The van der Waals surface area contributed by atoms with Gasteiger partial charge >= 0.3 is 0 Å². The first-order chi connectivity index (χ1) is 13.6. The molecule has 0 spiro atoms. The molecule has 2 aromatic rings. The molecule has 150 valence electrons. The Morgan fingerprint density at radius 1 is 1.39 bits per heavy atom. The minimum absolute atomic E-state index is 0.222. The molecule has 5 unspecified atom stereocenters. The smallest absolute Gasteiger partial charge is 0.124 e. The van der Waals surface area contributed by atoms with Gasteiger partial charge in [-0.1, -0.05) is 25.1 Å². The second-order valence-corrected chi connectivity index (χ2v) is 11.5. The number of nitrogens with one attached hydrogen (secondary N) is 2. The van der Waals surface area contributed by atoms with E-state index < -0.39 is 10.8 Å². The Kier molecular flexibility index (Phi) is 4.89. The highest BCUT2D eigenvalue weighted by molar-refractivity contribution is 8.17. The lowest BCUT2D eigenvalue weighted by Crippen LogP contribution is -2.48. The van der Waals surface area contributed by atoms with Gasteiger partial charge in [0.15, 0.2) is 0 Å². The van der Waals surface area contributed by atoms with Gasteiger partial charge < -0.3 is 0 Å². The first-order valence-electron chi connectivity index (χ1n) is 9.85. The van der Waals surface area contributed by atoms with Crippen LogP contribution in [0.25, 0.3) is 0 Å². The van der Waals surface area contributed by atoms with Crippen molar-refractivity contribution in [2.45, 2.75) is 57.4 Å². The predicted molar refractivity (Wildman–Crippen MR) is 116 cm³/mol. The Morgan fingerprint density at radius 2 is 2.25 bits per heavy atom. The minimum Gasteiger partial charge on any atom is -0.295 e. The maximum Gasteiger partial charge on any atom is 0.124 e. The van der Waals surface area contributed by atoms with Crippen molar-refractivity contribution in [2.24, 2.45) is 5.92 Å². The molecule has 5 rings (SSSR count). The monoisotopic (exact) mass is 435 g/mol. The molecule has 9 heteroatoms. The second-order valence-electron chi connectivity index (χ2n) is 7.73. The van der Waals surface area contributed by atoms with Crippen molar-refractivity contribution < 1.29 is 4.21 Å². The molecule has 1 saturated heterocycles. The Labute approximate surface area is 176 Å². The summed E-state index contributed by atoms with van der Waals surface area (Å²) in [5, 5.41) is 7.31. The summed E-state index contributed by atoms with van der Waals surface area (Å²) in [6.07, 6.45) is 5.05. The zero-order chi connectivity index (χ0) is 19.4. The van der Waals surface area contributed by atoms with E-state index in [4.69, 9.17) is 4.98 Å². The molecular formula is C19H25N5OS3. The quantitative estimate of drug-likeness (QED) is 0.745. The van der Waals surface area contributed by atoms with Crippen LogP contribution in [0.4, 0.5) is 0 Å². The van der Waals surface area contributed by atoms with Gasteiger partial charge in [0.05, 0.1) is 44.0 Å². The van der Waals surface area contributed by atoms with Gasteiger partial charge in [-0.15, -0.1) is 11.3 Å². The van der Waals surface area contributed by atoms with E-state index in [-0.39, 0.29) is 11.4 Å². The van der Waals surface area contributed by atoms with Crippen LogP contribution in [-0.4, -0.2) is 30.0 Å². The van der Waals surface area contributed by atoms with Gasteiger partial charge in [-0.05, 0) is 26.7 Å². The van der Waals surface area contributed by atoms with Crippen molar-refractivity contribution in [1.82, 2.24) is 20.0 Å². The van der Waals surface area contributed by atoms with Gasteiger partial charge in [-0.3, -0.25) is 15.0 Å². The van der Waals surface area contributed by atoms with Crippen LogP contribution in [0.5, 0.6) is 0 Å². The van der Waals surface area contributed by atoms with E-state index in [2.05, 4.69) is 32.7 Å². The lowest BCUT2D eigenvalue weighted by atomic mass is 9.78. The molecule has 3 aliphatic rings. The van der Waals surface area contributed by atoms with Crippen molar-refractivity contribution in [3.63, 3.8) is 0 Å². The number of hydrogen-bond donors (Lipinski definition) is 2. The molecule has 5 heterocycles. The fourth-order valence-electron chi connectivity index (χ4n) is 4.42. The van der Waals surface area contributed by atoms with E-state index in [9.17, 15) is 4.21 Å². The van der Waals surface area contributed by atoms with E-state index in [1.54, 1.807) is 23.1 Å². The first-order valence-corrected chi connectivity index (χ1v) is 12.9. The molecule has 0 radical (unpaired) electrons. The predicted octanol–water partition coefficient (Wildman–Crippen LogP) is 3.74. The number of fused-ring (bicyclic) bond motifs is 2. The van der Waals surface area contributed by atoms with Crippen LogP contribution >= 0.6 is 23.1 Å². The number of unbranched alkanes of at least 4 members (excludes halogenated alkanes) is 1. The Hall–Kier alpha value is -1.16. The molecule has 28 heavy (non-hydrogen) atoms. The van der Waals surface area contributed by atoms with E-state index in [0.717, 1.165) is 51.5 Å². The van der Waals surface area contributed by atoms with Gasteiger partial charge in [0, 0.05) is 28.7 Å². The van der Waals surface area contributed by atoms with Gasteiger partial charge in [0.25, 0.3) is 0 Å². The zero-order valence-corrected chi connectivity index (χ0v) is 18.7. The number of nitrogens with zero attached hydrogens (tertiary/aromatic N) is 3. The van der Waals surface area contributed by atoms with E-state index in [1.807, 2.05) is 20.0 Å². The highest BCUT2D eigenvalue weighted by Gasteiger charge is 2.51. The van der Waals surface area contributed by atoms with Crippen molar-refractivity contribution in [1.29, 1.82) is 0 Å². The molecule has 0 amide bonds. The number of thiazole rings is 1. The Morgan fingerprint density at radius 3 is 3.00 bits per heavy atom. The highest BCUT2D eigenvalue weighted by Crippen LogP contribution is 2.55. The summed E-state index contributed by atoms with van der Waals surface area (Å²) >= 11 is 3.50. The standard InChI is InChI=1S/C19H25N5OS3/c1-4-5-6-28(25)19-16-15-12(14-8-20-11(3)24(14)23-16)7-13(22-18(15)27-19)17-21-10(2)9-26-17/h8-9,12-13,15,18,22-23H,4-7H2,1-3H3. The van der Waals surface area contributed by atoms with Crippen molar-refractivity contribution in [2.75, 3.05) is 11.2 Å². The summed E-state index contributed by atoms with van der Waals surface area (Å²) in [5.41, 5.74) is 7.02. The second kappa shape index (κ2) is 7.27. The molecule has 1 fully saturated rings. The van der Waals surface area contributed by atoms with Gasteiger partial charge in [0.2, 0.25) is 0 Å². The maximum absolute atomic E-state index is 13.1. The average molecular weight is 436 g/mol. The van der Waals surface area contributed by atoms with Gasteiger partial charge in [0.1, 0.15) is 10.8 Å². The molecule has 0 aromatic carbocycles. The molecule has 5 atom stereocenters. The third kappa shape index (κ3) is 2.98. The Balaban J connectivity index is 1.54. The summed E-state index contributed by atoms with van der Waals surface area (Å²) < 4.78 is 16.2. The lowest BCUT2D eigenvalue weighted by Gasteiger charge is -2.42. The summed E-state index contributed by atoms with van der Waals surface area (Å²) in [6.45, 7) is 6.22. The average Bonchev–Trinajstić information content (AvgIpc) is 3.39. The van der Waals surface area contributed by atoms with Crippen LogP contribution in [0, 0.1) is 19.8 Å². The SMILES string of the molecule is CCCCS(=O)C1=C2Nn3c(cnc3C)C3CC(c4nc(C)cs4)NC(S1)C23. The fraction of sp³-hybridized carbons (Fsp3) is 0.579. The normalized spacial score (nSPS) is 29.4. The largest absolute Gasteiger partial charge is 0.295 e. The lowest BCUT2D eigenvalue weighted by molar-refractivity contribution is 0.265.